The Kier molecular flexibility index (Phi) is 7.95. The molecule has 0 bridgehead atoms. The fraction of sp³-hybridized carbons (Fsp3) is 0.556. The summed E-state index contributed by atoms with van der Waals surface area (Å²) in [6, 6.07) is -0.491. The highest BCUT2D eigenvalue weighted by molar-refractivity contribution is 7.09. The van der Waals surface area contributed by atoms with Gasteiger partial charge in [-0.15, -0.1) is 36.2 Å². The smallest absolute Gasteiger partial charge is 0.237 e. The van der Waals surface area contributed by atoms with E-state index in [1.165, 1.54) is 11.3 Å². The summed E-state index contributed by atoms with van der Waals surface area (Å²) in [6.45, 7) is 5.48. The molecule has 0 fully saturated rings. The Balaban J connectivity index is 0. The van der Waals surface area contributed by atoms with Crippen LogP contribution in [-0.4, -0.2) is 16.9 Å². The first-order valence-electron chi connectivity index (χ1n) is 4.41. The minimum atomic E-state index is -0.491. The molecule has 7 heteroatoms. The van der Waals surface area contributed by atoms with E-state index in [9.17, 15) is 4.79 Å². The molecule has 1 rings (SSSR count). The van der Waals surface area contributed by atoms with Gasteiger partial charge in [-0.3, -0.25) is 4.79 Å². The molecular formula is C9H17Cl2N3OS. The van der Waals surface area contributed by atoms with Gasteiger partial charge in [0, 0.05) is 11.6 Å². The predicted octanol–water partition coefficient (Wildman–Crippen LogP) is 1.69. The first kappa shape index (κ1) is 18.0. The van der Waals surface area contributed by atoms with Gasteiger partial charge >= 0.3 is 0 Å². The summed E-state index contributed by atoms with van der Waals surface area (Å²) in [4.78, 5) is 15.6. The molecule has 0 aromatic carbocycles. The molecule has 1 amide bonds. The van der Waals surface area contributed by atoms with Crippen LogP contribution >= 0.6 is 36.2 Å². The van der Waals surface area contributed by atoms with Crippen molar-refractivity contribution in [1.29, 1.82) is 0 Å². The highest BCUT2D eigenvalue weighted by Crippen LogP contribution is 2.21. The molecular weight excluding hydrogens is 269 g/mol. The van der Waals surface area contributed by atoms with Gasteiger partial charge in [0.05, 0.1) is 11.6 Å². The molecule has 3 N–H and O–H groups in total. The van der Waals surface area contributed by atoms with Crippen molar-refractivity contribution in [2.45, 2.75) is 32.4 Å². The molecule has 0 aliphatic rings. The Morgan fingerprint density at radius 1 is 1.56 bits per heavy atom. The second-order valence-corrected chi connectivity index (χ2v) is 4.63. The highest BCUT2D eigenvalue weighted by atomic mass is 35.5. The van der Waals surface area contributed by atoms with Crippen LogP contribution in [0.25, 0.3) is 0 Å². The van der Waals surface area contributed by atoms with Gasteiger partial charge in [0.25, 0.3) is 0 Å². The van der Waals surface area contributed by atoms with Crippen molar-refractivity contribution in [1.82, 2.24) is 10.3 Å². The fourth-order valence-corrected chi connectivity index (χ4v) is 1.73. The van der Waals surface area contributed by atoms with Crippen LogP contribution in [0.3, 0.4) is 0 Å². The van der Waals surface area contributed by atoms with E-state index in [2.05, 4.69) is 10.3 Å². The third-order valence-corrected chi connectivity index (χ3v) is 2.91. The van der Waals surface area contributed by atoms with Crippen molar-refractivity contribution in [2.75, 3.05) is 0 Å². The van der Waals surface area contributed by atoms with Crippen LogP contribution in [0.2, 0.25) is 0 Å². The lowest BCUT2D eigenvalue weighted by molar-refractivity contribution is -0.123. The molecule has 1 aromatic rings. The van der Waals surface area contributed by atoms with E-state index in [4.69, 9.17) is 5.73 Å². The predicted molar refractivity (Wildman–Crippen MR) is 71.4 cm³/mol. The quantitative estimate of drug-likeness (QED) is 0.888. The molecule has 0 saturated carbocycles. The van der Waals surface area contributed by atoms with Crippen molar-refractivity contribution in [3.05, 3.63) is 16.6 Å². The van der Waals surface area contributed by atoms with Gasteiger partial charge in [0.1, 0.15) is 5.01 Å². The third-order valence-electron chi connectivity index (χ3n) is 1.82. The number of nitrogens with one attached hydrogen (secondary N) is 1. The largest absolute Gasteiger partial charge is 0.343 e. The van der Waals surface area contributed by atoms with Crippen molar-refractivity contribution in [2.24, 2.45) is 5.73 Å². The lowest BCUT2D eigenvalue weighted by Crippen LogP contribution is -2.47. The van der Waals surface area contributed by atoms with Crippen molar-refractivity contribution >= 4 is 42.1 Å². The first-order valence-corrected chi connectivity index (χ1v) is 5.29. The second-order valence-electron chi connectivity index (χ2n) is 3.74. The molecule has 16 heavy (non-hydrogen) atoms. The topological polar surface area (TPSA) is 68.0 Å². The van der Waals surface area contributed by atoms with Gasteiger partial charge in [-0.25, -0.2) is 4.98 Å². The maximum absolute atomic E-state index is 11.4. The minimum Gasteiger partial charge on any atom is -0.343 e. The van der Waals surface area contributed by atoms with Crippen LogP contribution in [0.1, 0.15) is 25.8 Å². The monoisotopic (exact) mass is 285 g/mol. The number of halogens is 2. The maximum Gasteiger partial charge on any atom is 0.237 e. The number of aromatic nitrogens is 1. The molecule has 0 radical (unpaired) electrons. The normalized spacial score (nSPS) is 12.0. The Hall–Kier alpha value is -0.360. The van der Waals surface area contributed by atoms with Crippen LogP contribution in [0.5, 0.6) is 0 Å². The van der Waals surface area contributed by atoms with E-state index in [0.29, 0.717) is 0 Å². The van der Waals surface area contributed by atoms with Gasteiger partial charge in [0.2, 0.25) is 5.91 Å². The van der Waals surface area contributed by atoms with E-state index >= 15 is 0 Å². The summed E-state index contributed by atoms with van der Waals surface area (Å²) in [5, 5.41) is 5.61. The number of hydrogen-bond acceptors (Lipinski definition) is 4. The van der Waals surface area contributed by atoms with Crippen molar-refractivity contribution in [3.8, 4) is 0 Å². The molecule has 1 unspecified atom stereocenters. The van der Waals surface area contributed by atoms with E-state index in [1.54, 1.807) is 13.1 Å². The van der Waals surface area contributed by atoms with E-state index < -0.39 is 11.6 Å². The lowest BCUT2D eigenvalue weighted by atomic mass is 10.1. The molecule has 0 spiro atoms. The first-order chi connectivity index (χ1) is 6.43. The number of hydrogen-bond donors (Lipinski definition) is 2. The zero-order chi connectivity index (χ0) is 10.8. The van der Waals surface area contributed by atoms with E-state index in [1.807, 2.05) is 19.2 Å². The number of carbonyl (C=O) groups excluding carboxylic acids is 1. The second kappa shape index (κ2) is 7.06. The van der Waals surface area contributed by atoms with Crippen LogP contribution in [0.4, 0.5) is 0 Å². The summed E-state index contributed by atoms with van der Waals surface area (Å²) in [7, 11) is 0. The number of amides is 1. The number of carbonyl (C=O) groups is 1. The molecule has 1 aromatic heterocycles. The van der Waals surface area contributed by atoms with E-state index in [-0.39, 0.29) is 30.7 Å². The van der Waals surface area contributed by atoms with Crippen LogP contribution in [0.15, 0.2) is 11.6 Å². The maximum atomic E-state index is 11.4. The third kappa shape index (κ3) is 4.65. The van der Waals surface area contributed by atoms with Crippen LogP contribution < -0.4 is 11.1 Å². The van der Waals surface area contributed by atoms with Gasteiger partial charge in [-0.05, 0) is 20.8 Å². The average molecular weight is 286 g/mol. The Morgan fingerprint density at radius 3 is 2.50 bits per heavy atom. The van der Waals surface area contributed by atoms with Gasteiger partial charge < -0.3 is 11.1 Å². The SMILES string of the molecule is CC(N)C(=O)NC(C)(C)c1nccs1.Cl.Cl. The number of nitrogens with two attached hydrogens (primary N) is 1. The van der Waals surface area contributed by atoms with Crippen LogP contribution in [-0.2, 0) is 10.3 Å². The fourth-order valence-electron chi connectivity index (χ4n) is 1.01. The van der Waals surface area contributed by atoms with E-state index in [0.717, 1.165) is 5.01 Å². The summed E-state index contributed by atoms with van der Waals surface area (Å²) < 4.78 is 0. The number of rotatable bonds is 3. The number of nitrogens with zero attached hydrogens (tertiary/aromatic N) is 1. The summed E-state index contributed by atoms with van der Waals surface area (Å²) in [6.07, 6.45) is 1.72. The van der Waals surface area contributed by atoms with Crippen molar-refractivity contribution in [3.63, 3.8) is 0 Å². The molecule has 94 valence electrons. The molecule has 1 atom stereocenters. The highest BCUT2D eigenvalue weighted by Gasteiger charge is 2.26. The molecule has 0 aliphatic carbocycles. The van der Waals surface area contributed by atoms with Gasteiger partial charge in [-0.1, -0.05) is 0 Å². The standard InChI is InChI=1S/C9H15N3OS.2ClH/c1-6(10)7(13)12-9(2,3)8-11-4-5-14-8;;/h4-6H,10H2,1-3H3,(H,12,13);2*1H. The summed E-state index contributed by atoms with van der Waals surface area (Å²) >= 11 is 1.52. The number of thiazole rings is 1. The summed E-state index contributed by atoms with van der Waals surface area (Å²) in [5.41, 5.74) is 5.02. The summed E-state index contributed by atoms with van der Waals surface area (Å²) in [5.74, 6) is -0.162. The minimum absolute atomic E-state index is 0. The Bertz CT molecular complexity index is 315. The van der Waals surface area contributed by atoms with Crippen molar-refractivity contribution < 1.29 is 4.79 Å². The van der Waals surface area contributed by atoms with Gasteiger partial charge in [0.15, 0.2) is 0 Å². The van der Waals surface area contributed by atoms with Crippen LogP contribution in [0, 0.1) is 0 Å². The van der Waals surface area contributed by atoms with Gasteiger partial charge in [-0.2, -0.15) is 0 Å². The lowest BCUT2D eigenvalue weighted by Gasteiger charge is -2.24. The molecule has 0 saturated heterocycles. The average Bonchev–Trinajstić information content (AvgIpc) is 2.54. The Labute approximate surface area is 112 Å². The molecule has 1 heterocycles. The zero-order valence-corrected chi connectivity index (χ0v) is 11.8. The Morgan fingerprint density at radius 2 is 2.12 bits per heavy atom. The molecule has 0 aliphatic heterocycles. The zero-order valence-electron chi connectivity index (χ0n) is 9.39. The molecule has 4 nitrogen and oxygen atoms in total.